The van der Waals surface area contributed by atoms with E-state index in [1.165, 1.54) is 12.1 Å². The summed E-state index contributed by atoms with van der Waals surface area (Å²) in [7, 11) is 0. The van der Waals surface area contributed by atoms with Gasteiger partial charge < -0.3 is 5.32 Å². The van der Waals surface area contributed by atoms with Gasteiger partial charge in [0.05, 0.1) is 10.8 Å². The Morgan fingerprint density at radius 2 is 1.73 bits per heavy atom. The number of aromatic nitrogens is 4. The number of pyridine rings is 1. The number of alkyl halides is 3. The van der Waals surface area contributed by atoms with E-state index in [9.17, 15) is 18.0 Å². The minimum Gasteiger partial charge on any atom is -0.325 e. The van der Waals surface area contributed by atoms with Crippen LogP contribution in [0.15, 0.2) is 84.3 Å². The van der Waals surface area contributed by atoms with Gasteiger partial charge in [0.25, 0.3) is 0 Å². The van der Waals surface area contributed by atoms with Gasteiger partial charge in [0.15, 0.2) is 11.0 Å². The van der Waals surface area contributed by atoms with Crippen molar-refractivity contribution in [2.24, 2.45) is 0 Å². The minimum absolute atomic E-state index is 0.0734. The number of carbonyl (C=O) groups is 1. The number of rotatable bonds is 6. The summed E-state index contributed by atoms with van der Waals surface area (Å²) >= 11 is 1.16. The molecular weight excluding hydrogens is 451 g/mol. The van der Waals surface area contributed by atoms with E-state index in [2.05, 4.69) is 20.5 Å². The number of nitrogens with one attached hydrogen (secondary N) is 1. The van der Waals surface area contributed by atoms with Crippen molar-refractivity contribution < 1.29 is 18.0 Å². The monoisotopic (exact) mass is 469 g/mol. The first-order chi connectivity index (χ1) is 15.8. The number of para-hydroxylation sites is 1. The fourth-order valence-electron chi connectivity index (χ4n) is 3.07. The predicted molar refractivity (Wildman–Crippen MR) is 120 cm³/mol. The molecular formula is C23H18F3N5OS. The molecule has 1 N–H and O–H groups in total. The summed E-state index contributed by atoms with van der Waals surface area (Å²) in [6, 6.07) is 17.6. The van der Waals surface area contributed by atoms with E-state index in [-0.39, 0.29) is 5.69 Å². The summed E-state index contributed by atoms with van der Waals surface area (Å²) in [6.07, 6.45) is -1.19. The fraction of sp³-hybridized carbons (Fsp3) is 0.130. The molecule has 0 saturated heterocycles. The summed E-state index contributed by atoms with van der Waals surface area (Å²) in [5, 5.41) is 10.9. The molecule has 1 atom stereocenters. The van der Waals surface area contributed by atoms with E-state index in [4.69, 9.17) is 0 Å². The molecule has 2 aromatic carbocycles. The first kappa shape index (κ1) is 22.5. The average Bonchev–Trinajstić information content (AvgIpc) is 3.23. The third kappa shape index (κ3) is 5.23. The second-order valence-electron chi connectivity index (χ2n) is 7.04. The zero-order valence-corrected chi connectivity index (χ0v) is 18.1. The van der Waals surface area contributed by atoms with Gasteiger partial charge >= 0.3 is 6.18 Å². The highest BCUT2D eigenvalue weighted by Gasteiger charge is 2.30. The maximum atomic E-state index is 13.0. The van der Waals surface area contributed by atoms with E-state index in [0.29, 0.717) is 11.0 Å². The number of hydrogen-bond donors (Lipinski definition) is 1. The lowest BCUT2D eigenvalue weighted by Gasteiger charge is -2.15. The molecule has 6 nitrogen and oxygen atoms in total. The molecule has 0 aliphatic heterocycles. The highest BCUT2D eigenvalue weighted by atomic mass is 32.2. The van der Waals surface area contributed by atoms with Crippen LogP contribution in [0.2, 0.25) is 0 Å². The van der Waals surface area contributed by atoms with Gasteiger partial charge in [-0.25, -0.2) is 0 Å². The van der Waals surface area contributed by atoms with Gasteiger partial charge in [0.2, 0.25) is 5.91 Å². The van der Waals surface area contributed by atoms with Crippen molar-refractivity contribution in [1.29, 1.82) is 0 Å². The Morgan fingerprint density at radius 1 is 1.00 bits per heavy atom. The second-order valence-corrected chi connectivity index (χ2v) is 8.35. The smallest absolute Gasteiger partial charge is 0.325 e. The second kappa shape index (κ2) is 9.45. The van der Waals surface area contributed by atoms with Crippen molar-refractivity contribution in [1.82, 2.24) is 19.7 Å². The van der Waals surface area contributed by atoms with Gasteiger partial charge in [-0.3, -0.25) is 14.3 Å². The van der Waals surface area contributed by atoms with Crippen LogP contribution in [-0.4, -0.2) is 30.9 Å². The van der Waals surface area contributed by atoms with Gasteiger partial charge in [0.1, 0.15) is 0 Å². The van der Waals surface area contributed by atoms with Crippen LogP contribution in [0.1, 0.15) is 12.5 Å². The van der Waals surface area contributed by atoms with Crippen LogP contribution >= 0.6 is 11.8 Å². The first-order valence-electron chi connectivity index (χ1n) is 9.89. The van der Waals surface area contributed by atoms with E-state index in [1.807, 2.05) is 47.0 Å². The normalized spacial score (nSPS) is 12.4. The minimum atomic E-state index is -4.49. The maximum absolute atomic E-state index is 13.0. The molecule has 10 heteroatoms. The third-order valence-electron chi connectivity index (χ3n) is 4.70. The van der Waals surface area contributed by atoms with Crippen LogP contribution in [0.5, 0.6) is 0 Å². The molecule has 0 bridgehead atoms. The molecule has 2 heterocycles. The van der Waals surface area contributed by atoms with Crippen molar-refractivity contribution in [3.8, 4) is 17.1 Å². The molecule has 1 amide bonds. The number of anilines is 1. The van der Waals surface area contributed by atoms with Crippen molar-refractivity contribution in [2.75, 3.05) is 5.32 Å². The lowest BCUT2D eigenvalue weighted by Crippen LogP contribution is -2.23. The molecule has 2 aromatic heterocycles. The van der Waals surface area contributed by atoms with Crippen molar-refractivity contribution in [3.05, 3.63) is 84.7 Å². The summed E-state index contributed by atoms with van der Waals surface area (Å²) in [5.41, 5.74) is 0.854. The summed E-state index contributed by atoms with van der Waals surface area (Å²) < 4.78 is 40.7. The topological polar surface area (TPSA) is 72.7 Å². The van der Waals surface area contributed by atoms with Gasteiger partial charge in [-0.05, 0) is 49.4 Å². The van der Waals surface area contributed by atoms with Crippen molar-refractivity contribution in [2.45, 2.75) is 23.5 Å². The zero-order valence-electron chi connectivity index (χ0n) is 17.3. The lowest BCUT2D eigenvalue weighted by molar-refractivity contribution is -0.137. The molecule has 4 aromatic rings. The Morgan fingerprint density at radius 3 is 2.42 bits per heavy atom. The molecule has 0 spiro atoms. The number of carbonyl (C=O) groups excluding carboxylic acids is 1. The highest BCUT2D eigenvalue weighted by molar-refractivity contribution is 8.00. The number of nitrogens with zero attached hydrogens (tertiary/aromatic N) is 4. The predicted octanol–water partition coefficient (Wildman–Crippen LogP) is 5.47. The quantitative estimate of drug-likeness (QED) is 0.379. The van der Waals surface area contributed by atoms with Crippen LogP contribution in [0, 0.1) is 0 Å². The molecule has 33 heavy (non-hydrogen) atoms. The van der Waals surface area contributed by atoms with Crippen LogP contribution in [0.3, 0.4) is 0 Å². The molecule has 0 radical (unpaired) electrons. The Hall–Kier alpha value is -3.66. The Labute approximate surface area is 191 Å². The third-order valence-corrected chi connectivity index (χ3v) is 5.74. The van der Waals surface area contributed by atoms with Crippen molar-refractivity contribution in [3.63, 3.8) is 0 Å². The Kier molecular flexibility index (Phi) is 6.45. The molecule has 168 valence electrons. The van der Waals surface area contributed by atoms with Gasteiger partial charge in [-0.2, -0.15) is 13.2 Å². The molecule has 4 rings (SSSR count). The SMILES string of the molecule is CC(Sc1nnc(-c2ccncc2)n1-c1ccccc1)C(=O)Nc1cccc(C(F)(F)F)c1. The van der Waals surface area contributed by atoms with E-state index < -0.39 is 22.9 Å². The number of benzene rings is 2. The van der Waals surface area contributed by atoms with E-state index in [0.717, 1.165) is 35.1 Å². The van der Waals surface area contributed by atoms with E-state index >= 15 is 0 Å². The largest absolute Gasteiger partial charge is 0.416 e. The molecule has 1 unspecified atom stereocenters. The number of thioether (sulfide) groups is 1. The standard InChI is InChI=1S/C23H18F3N5OS/c1-15(21(32)28-18-7-5-6-17(14-18)23(24,25)26)33-22-30-29-20(16-10-12-27-13-11-16)31(22)19-8-3-2-4-9-19/h2-15H,1H3,(H,28,32). The maximum Gasteiger partial charge on any atom is 0.416 e. The Bertz CT molecular complexity index is 1250. The van der Waals surface area contributed by atoms with Crippen LogP contribution < -0.4 is 5.32 Å². The summed E-state index contributed by atoms with van der Waals surface area (Å²) in [6.45, 7) is 1.66. The lowest BCUT2D eigenvalue weighted by atomic mass is 10.2. The Balaban J connectivity index is 1.59. The van der Waals surface area contributed by atoms with Gasteiger partial charge in [0, 0.05) is 29.3 Å². The highest BCUT2D eigenvalue weighted by Crippen LogP contribution is 2.32. The van der Waals surface area contributed by atoms with E-state index in [1.54, 1.807) is 19.3 Å². The zero-order chi connectivity index (χ0) is 23.4. The fourth-order valence-corrected chi connectivity index (χ4v) is 3.94. The van der Waals surface area contributed by atoms with Gasteiger partial charge in [-0.15, -0.1) is 10.2 Å². The van der Waals surface area contributed by atoms with Crippen LogP contribution in [0.25, 0.3) is 17.1 Å². The summed E-state index contributed by atoms with van der Waals surface area (Å²) in [5.74, 6) is 0.129. The molecule has 0 aliphatic rings. The average molecular weight is 469 g/mol. The number of halogens is 3. The molecule has 0 aliphatic carbocycles. The number of hydrogen-bond acceptors (Lipinski definition) is 5. The number of amides is 1. The van der Waals surface area contributed by atoms with Crippen LogP contribution in [0.4, 0.5) is 18.9 Å². The van der Waals surface area contributed by atoms with Crippen LogP contribution in [-0.2, 0) is 11.0 Å². The molecule has 0 saturated carbocycles. The van der Waals surface area contributed by atoms with Gasteiger partial charge in [-0.1, -0.05) is 36.0 Å². The molecule has 0 fully saturated rings. The van der Waals surface area contributed by atoms with Crippen molar-refractivity contribution >= 4 is 23.4 Å². The first-order valence-corrected chi connectivity index (χ1v) is 10.8. The summed E-state index contributed by atoms with van der Waals surface area (Å²) in [4.78, 5) is 16.8.